The zero-order chi connectivity index (χ0) is 20.8. The van der Waals surface area contributed by atoms with Gasteiger partial charge >= 0.3 is 5.69 Å². The first kappa shape index (κ1) is 19.7. The van der Waals surface area contributed by atoms with E-state index in [9.17, 15) is 4.79 Å². The number of imidazole rings is 1. The summed E-state index contributed by atoms with van der Waals surface area (Å²) in [4.78, 5) is 24.2. The second-order valence-electron chi connectivity index (χ2n) is 9.08. The molecule has 31 heavy (non-hydrogen) atoms. The molecular weight excluding hydrogens is 424 g/mol. The molecule has 2 saturated heterocycles. The molecule has 6 rings (SSSR count). The minimum absolute atomic E-state index is 0.118. The van der Waals surface area contributed by atoms with E-state index in [2.05, 4.69) is 49.4 Å². The number of H-pyrrole nitrogens is 2. The van der Waals surface area contributed by atoms with Gasteiger partial charge in [-0.1, -0.05) is 6.07 Å². The first-order valence-electron chi connectivity index (χ1n) is 11.4. The molecular formula is C24H28N4OS2. The molecule has 0 aliphatic carbocycles. The van der Waals surface area contributed by atoms with Gasteiger partial charge in [0.1, 0.15) is 0 Å². The van der Waals surface area contributed by atoms with Crippen LogP contribution in [0, 0.1) is 0 Å². The number of hydrogen-bond donors (Lipinski definition) is 2. The van der Waals surface area contributed by atoms with E-state index in [0.717, 1.165) is 23.6 Å². The Kier molecular flexibility index (Phi) is 5.22. The lowest BCUT2D eigenvalue weighted by Crippen LogP contribution is -2.47. The van der Waals surface area contributed by atoms with Crippen LogP contribution in [0.4, 0.5) is 0 Å². The summed E-state index contributed by atoms with van der Waals surface area (Å²) < 4.78 is 1.47. The lowest BCUT2D eigenvalue weighted by atomic mass is 9.88. The van der Waals surface area contributed by atoms with Crippen molar-refractivity contribution >= 4 is 43.1 Å². The highest BCUT2D eigenvalue weighted by atomic mass is 32.2. The first-order chi connectivity index (χ1) is 15.2. The third kappa shape index (κ3) is 4.00. The summed E-state index contributed by atoms with van der Waals surface area (Å²) in [6.45, 7) is 5.93. The SMILES string of the molecule is O=c1[nH]c2ccc(C3CCN(C4CCN(Cc5cc6ccsc6s5)CC4)CC3)cc2[nH]1. The number of benzene rings is 1. The summed E-state index contributed by atoms with van der Waals surface area (Å²) in [5.41, 5.74) is 3.09. The molecule has 0 atom stereocenters. The molecule has 5 heterocycles. The van der Waals surface area contributed by atoms with Crippen LogP contribution in [0.25, 0.3) is 20.4 Å². The quantitative estimate of drug-likeness (QED) is 0.459. The Balaban J connectivity index is 1.02. The Labute approximate surface area is 189 Å². The fraction of sp³-hybridized carbons (Fsp3) is 0.458. The van der Waals surface area contributed by atoms with Crippen LogP contribution >= 0.6 is 22.7 Å². The molecule has 2 aliphatic rings. The van der Waals surface area contributed by atoms with Gasteiger partial charge in [0, 0.05) is 35.9 Å². The molecule has 0 bridgehead atoms. The fourth-order valence-corrected chi connectivity index (χ4v) is 7.66. The van der Waals surface area contributed by atoms with Crippen LogP contribution in [-0.4, -0.2) is 52.0 Å². The molecule has 162 valence electrons. The Morgan fingerprint density at radius 3 is 2.55 bits per heavy atom. The molecule has 2 aliphatic heterocycles. The number of likely N-dealkylation sites (tertiary alicyclic amines) is 2. The smallest absolute Gasteiger partial charge is 0.306 e. The highest BCUT2D eigenvalue weighted by Crippen LogP contribution is 2.33. The van der Waals surface area contributed by atoms with Crippen LogP contribution in [0.1, 0.15) is 42.0 Å². The summed E-state index contributed by atoms with van der Waals surface area (Å²) in [5, 5.41) is 3.61. The normalized spacial score (nSPS) is 20.3. The molecule has 0 unspecified atom stereocenters. The average Bonchev–Trinajstić information content (AvgIpc) is 3.48. The van der Waals surface area contributed by atoms with Crippen molar-refractivity contribution < 1.29 is 0 Å². The molecule has 2 N–H and O–H groups in total. The van der Waals surface area contributed by atoms with E-state index in [0.29, 0.717) is 5.92 Å². The van der Waals surface area contributed by atoms with Gasteiger partial charge < -0.3 is 14.9 Å². The van der Waals surface area contributed by atoms with E-state index in [1.807, 2.05) is 28.7 Å². The largest absolute Gasteiger partial charge is 0.323 e. The topological polar surface area (TPSA) is 55.1 Å². The number of piperidine rings is 2. The van der Waals surface area contributed by atoms with Crippen molar-refractivity contribution in [3.05, 3.63) is 56.6 Å². The third-order valence-electron chi connectivity index (χ3n) is 7.19. The molecule has 0 spiro atoms. The van der Waals surface area contributed by atoms with Crippen LogP contribution in [-0.2, 0) is 6.54 Å². The van der Waals surface area contributed by atoms with Gasteiger partial charge in [-0.25, -0.2) is 4.79 Å². The number of rotatable bonds is 4. The lowest BCUT2D eigenvalue weighted by Gasteiger charge is -2.42. The monoisotopic (exact) mass is 452 g/mol. The summed E-state index contributed by atoms with van der Waals surface area (Å²) in [5.74, 6) is 0.604. The second-order valence-corrected chi connectivity index (χ2v) is 11.4. The van der Waals surface area contributed by atoms with E-state index >= 15 is 0 Å². The van der Waals surface area contributed by atoms with Gasteiger partial charge in [-0.3, -0.25) is 4.90 Å². The number of hydrogen-bond acceptors (Lipinski definition) is 5. The zero-order valence-corrected chi connectivity index (χ0v) is 19.2. The number of thiophene rings is 2. The molecule has 0 radical (unpaired) electrons. The maximum absolute atomic E-state index is 11.5. The maximum Gasteiger partial charge on any atom is 0.323 e. The molecule has 2 fully saturated rings. The standard InChI is InChI=1S/C24H28N4OS2/c29-24-25-21-2-1-17(14-22(21)26-24)16-3-10-28(11-4-16)19-5-8-27(9-6-19)15-20-13-18-7-12-30-23(18)31-20/h1-2,7,12-14,16,19H,3-6,8-11,15H2,(H2,25,26,29). The Bertz CT molecular complexity index is 1210. The van der Waals surface area contributed by atoms with Gasteiger partial charge in [0.25, 0.3) is 0 Å². The van der Waals surface area contributed by atoms with E-state index < -0.39 is 0 Å². The van der Waals surface area contributed by atoms with E-state index in [-0.39, 0.29) is 5.69 Å². The minimum atomic E-state index is -0.118. The van der Waals surface area contributed by atoms with Crippen LogP contribution in [0.15, 0.2) is 40.5 Å². The van der Waals surface area contributed by atoms with Crippen molar-refractivity contribution in [3.63, 3.8) is 0 Å². The van der Waals surface area contributed by atoms with Crippen LogP contribution < -0.4 is 5.69 Å². The van der Waals surface area contributed by atoms with Crippen LogP contribution in [0.3, 0.4) is 0 Å². The van der Waals surface area contributed by atoms with Crippen molar-refractivity contribution in [1.29, 1.82) is 0 Å². The Hall–Kier alpha value is -1.93. The Morgan fingerprint density at radius 2 is 1.74 bits per heavy atom. The molecule has 1 aromatic carbocycles. The average molecular weight is 453 g/mol. The van der Waals surface area contributed by atoms with E-state index in [1.54, 1.807) is 0 Å². The van der Waals surface area contributed by atoms with Gasteiger partial charge in [-0.2, -0.15) is 0 Å². The van der Waals surface area contributed by atoms with E-state index in [1.165, 1.54) is 71.7 Å². The van der Waals surface area contributed by atoms with Gasteiger partial charge in [0.05, 0.1) is 15.0 Å². The molecule has 3 aromatic heterocycles. The number of nitrogens with one attached hydrogen (secondary N) is 2. The number of fused-ring (bicyclic) bond motifs is 2. The van der Waals surface area contributed by atoms with Gasteiger partial charge in [-0.15, -0.1) is 22.7 Å². The van der Waals surface area contributed by atoms with Crippen molar-refractivity contribution in [2.75, 3.05) is 26.2 Å². The molecule has 0 saturated carbocycles. The van der Waals surface area contributed by atoms with Crippen molar-refractivity contribution in [2.45, 2.75) is 44.2 Å². The van der Waals surface area contributed by atoms with Crippen molar-refractivity contribution in [1.82, 2.24) is 19.8 Å². The third-order valence-corrected chi connectivity index (χ3v) is 9.38. The molecule has 5 nitrogen and oxygen atoms in total. The summed E-state index contributed by atoms with van der Waals surface area (Å²) in [7, 11) is 0. The number of aromatic amines is 2. The highest BCUT2D eigenvalue weighted by molar-refractivity contribution is 7.37. The number of aromatic nitrogens is 2. The number of nitrogens with zero attached hydrogens (tertiary/aromatic N) is 2. The van der Waals surface area contributed by atoms with Crippen LogP contribution in [0.5, 0.6) is 0 Å². The lowest BCUT2D eigenvalue weighted by molar-refractivity contribution is 0.0850. The summed E-state index contributed by atoms with van der Waals surface area (Å²) in [6.07, 6.45) is 5.01. The van der Waals surface area contributed by atoms with Gasteiger partial charge in [-0.05, 0) is 79.9 Å². The van der Waals surface area contributed by atoms with E-state index in [4.69, 9.17) is 0 Å². The molecule has 0 amide bonds. The van der Waals surface area contributed by atoms with Gasteiger partial charge in [0.2, 0.25) is 0 Å². The van der Waals surface area contributed by atoms with Gasteiger partial charge in [0.15, 0.2) is 0 Å². The minimum Gasteiger partial charge on any atom is -0.306 e. The maximum atomic E-state index is 11.5. The highest BCUT2D eigenvalue weighted by Gasteiger charge is 2.29. The van der Waals surface area contributed by atoms with Crippen molar-refractivity contribution in [2.24, 2.45) is 0 Å². The fourth-order valence-electron chi connectivity index (χ4n) is 5.46. The van der Waals surface area contributed by atoms with Crippen molar-refractivity contribution in [3.8, 4) is 0 Å². The summed E-state index contributed by atoms with van der Waals surface area (Å²) >= 11 is 3.84. The predicted molar refractivity (Wildman–Crippen MR) is 130 cm³/mol. The second kappa shape index (κ2) is 8.20. The zero-order valence-electron chi connectivity index (χ0n) is 17.6. The predicted octanol–water partition coefficient (Wildman–Crippen LogP) is 4.98. The van der Waals surface area contributed by atoms with Crippen LogP contribution in [0.2, 0.25) is 0 Å². The molecule has 4 aromatic rings. The Morgan fingerprint density at radius 1 is 0.935 bits per heavy atom. The molecule has 7 heteroatoms. The summed E-state index contributed by atoms with van der Waals surface area (Å²) in [6, 6.07) is 11.8. The first-order valence-corrected chi connectivity index (χ1v) is 13.1.